The Kier molecular flexibility index (Phi) is 4.98. The first kappa shape index (κ1) is 14.6. The maximum atomic E-state index is 11.9. The lowest BCUT2D eigenvalue weighted by molar-refractivity contribution is 0.0464. The third-order valence-corrected chi connectivity index (χ3v) is 2.66. The van der Waals surface area contributed by atoms with E-state index in [9.17, 15) is 9.59 Å². The van der Waals surface area contributed by atoms with E-state index >= 15 is 0 Å². The van der Waals surface area contributed by atoms with E-state index in [-0.39, 0.29) is 18.6 Å². The highest BCUT2D eigenvalue weighted by molar-refractivity contribution is 5.94. The normalized spacial score (nSPS) is 11.5. The Hall–Kier alpha value is -2.76. The zero-order valence-corrected chi connectivity index (χ0v) is 11.5. The molecule has 2 heterocycles. The molecule has 1 atom stereocenters. The molecule has 2 aromatic rings. The summed E-state index contributed by atoms with van der Waals surface area (Å²) < 4.78 is 5.12. The molecular weight excluding hydrogens is 270 g/mol. The monoisotopic (exact) mass is 285 g/mol. The number of nitrogens with zero attached hydrogens (tertiary/aromatic N) is 2. The van der Waals surface area contributed by atoms with Gasteiger partial charge in [-0.3, -0.25) is 14.8 Å². The molecule has 0 saturated heterocycles. The standard InChI is InChI=1S/C15H15N3O3/c1-11(18-14(19)12-4-2-6-16-8-12)10-21-15(20)13-5-3-7-17-9-13/h2-9,11H,10H2,1H3,(H,18,19). The predicted molar refractivity (Wildman–Crippen MR) is 75.7 cm³/mol. The highest BCUT2D eigenvalue weighted by Crippen LogP contribution is 2.01. The molecular formula is C15H15N3O3. The second-order valence-corrected chi connectivity index (χ2v) is 4.46. The van der Waals surface area contributed by atoms with Gasteiger partial charge in [0.05, 0.1) is 17.2 Å². The van der Waals surface area contributed by atoms with Crippen molar-refractivity contribution in [3.63, 3.8) is 0 Å². The van der Waals surface area contributed by atoms with Crippen molar-refractivity contribution in [2.45, 2.75) is 13.0 Å². The second-order valence-electron chi connectivity index (χ2n) is 4.46. The van der Waals surface area contributed by atoms with Crippen molar-refractivity contribution in [2.75, 3.05) is 6.61 Å². The molecule has 0 aromatic carbocycles. The minimum absolute atomic E-state index is 0.0831. The summed E-state index contributed by atoms with van der Waals surface area (Å²) in [6.07, 6.45) is 6.08. The summed E-state index contributed by atoms with van der Waals surface area (Å²) >= 11 is 0. The molecule has 0 fully saturated rings. The molecule has 0 aliphatic heterocycles. The van der Waals surface area contributed by atoms with E-state index in [1.807, 2.05) is 0 Å². The molecule has 21 heavy (non-hydrogen) atoms. The topological polar surface area (TPSA) is 81.2 Å². The Bertz CT molecular complexity index is 602. The number of carbonyl (C=O) groups excluding carboxylic acids is 2. The number of hydrogen-bond donors (Lipinski definition) is 1. The smallest absolute Gasteiger partial charge is 0.339 e. The molecule has 1 N–H and O–H groups in total. The van der Waals surface area contributed by atoms with Crippen LogP contribution in [0.15, 0.2) is 49.1 Å². The summed E-state index contributed by atoms with van der Waals surface area (Å²) in [6.45, 7) is 1.84. The first-order valence-corrected chi connectivity index (χ1v) is 6.45. The minimum Gasteiger partial charge on any atom is -0.460 e. The summed E-state index contributed by atoms with van der Waals surface area (Å²) in [7, 11) is 0. The van der Waals surface area contributed by atoms with Gasteiger partial charge in [0, 0.05) is 24.8 Å². The quantitative estimate of drug-likeness (QED) is 0.841. The van der Waals surface area contributed by atoms with Gasteiger partial charge >= 0.3 is 5.97 Å². The molecule has 1 amide bonds. The lowest BCUT2D eigenvalue weighted by Crippen LogP contribution is -2.36. The van der Waals surface area contributed by atoms with Crippen molar-refractivity contribution in [3.05, 3.63) is 60.2 Å². The molecule has 0 radical (unpaired) electrons. The number of carbonyl (C=O) groups is 2. The Balaban J connectivity index is 1.81. The third kappa shape index (κ3) is 4.38. The van der Waals surface area contributed by atoms with E-state index in [1.54, 1.807) is 43.6 Å². The number of pyridine rings is 2. The highest BCUT2D eigenvalue weighted by Gasteiger charge is 2.13. The van der Waals surface area contributed by atoms with Crippen LogP contribution in [0.2, 0.25) is 0 Å². The first-order chi connectivity index (χ1) is 10.2. The van der Waals surface area contributed by atoms with Gasteiger partial charge < -0.3 is 10.1 Å². The minimum atomic E-state index is -0.467. The van der Waals surface area contributed by atoms with Gasteiger partial charge in [-0.25, -0.2) is 4.79 Å². The average Bonchev–Trinajstić information content (AvgIpc) is 2.54. The fraction of sp³-hybridized carbons (Fsp3) is 0.200. The number of esters is 1. The Morgan fingerprint density at radius 2 is 1.76 bits per heavy atom. The van der Waals surface area contributed by atoms with Crippen molar-refractivity contribution < 1.29 is 14.3 Å². The number of nitrogens with one attached hydrogen (secondary N) is 1. The van der Waals surface area contributed by atoms with E-state index in [1.165, 1.54) is 12.4 Å². The number of amides is 1. The largest absolute Gasteiger partial charge is 0.460 e. The van der Waals surface area contributed by atoms with Crippen molar-refractivity contribution in [1.82, 2.24) is 15.3 Å². The van der Waals surface area contributed by atoms with Crippen LogP contribution in [-0.2, 0) is 4.74 Å². The Labute approximate surface area is 122 Å². The van der Waals surface area contributed by atoms with Crippen LogP contribution in [0, 0.1) is 0 Å². The maximum Gasteiger partial charge on any atom is 0.339 e. The summed E-state index contributed by atoms with van der Waals surface area (Å²) in [5.74, 6) is -0.724. The SMILES string of the molecule is CC(COC(=O)c1cccnc1)NC(=O)c1cccnc1. The van der Waals surface area contributed by atoms with Gasteiger partial charge in [-0.15, -0.1) is 0 Å². The maximum absolute atomic E-state index is 11.9. The van der Waals surface area contributed by atoms with Crippen LogP contribution >= 0.6 is 0 Å². The van der Waals surface area contributed by atoms with E-state index < -0.39 is 5.97 Å². The zero-order chi connectivity index (χ0) is 15.1. The molecule has 0 bridgehead atoms. The van der Waals surface area contributed by atoms with Gasteiger partial charge in [0.25, 0.3) is 5.91 Å². The van der Waals surface area contributed by atoms with Gasteiger partial charge in [0.2, 0.25) is 0 Å². The van der Waals surface area contributed by atoms with Crippen LogP contribution in [0.4, 0.5) is 0 Å². The van der Waals surface area contributed by atoms with Gasteiger partial charge in [-0.1, -0.05) is 0 Å². The van der Waals surface area contributed by atoms with E-state index in [2.05, 4.69) is 15.3 Å². The molecule has 2 aromatic heterocycles. The molecule has 0 aliphatic rings. The van der Waals surface area contributed by atoms with Crippen LogP contribution in [0.5, 0.6) is 0 Å². The van der Waals surface area contributed by atoms with E-state index in [0.29, 0.717) is 11.1 Å². The summed E-state index contributed by atoms with van der Waals surface area (Å²) in [6, 6.07) is 6.32. The molecule has 1 unspecified atom stereocenters. The number of rotatable bonds is 5. The third-order valence-electron chi connectivity index (χ3n) is 2.66. The van der Waals surface area contributed by atoms with Crippen LogP contribution in [0.25, 0.3) is 0 Å². The second kappa shape index (κ2) is 7.14. The first-order valence-electron chi connectivity index (χ1n) is 6.45. The van der Waals surface area contributed by atoms with Crippen LogP contribution in [0.1, 0.15) is 27.6 Å². The van der Waals surface area contributed by atoms with Gasteiger partial charge in [0.1, 0.15) is 6.61 Å². The van der Waals surface area contributed by atoms with E-state index in [0.717, 1.165) is 0 Å². The summed E-state index contributed by atoms with van der Waals surface area (Å²) in [4.78, 5) is 31.3. The van der Waals surface area contributed by atoms with Gasteiger partial charge in [-0.2, -0.15) is 0 Å². The Morgan fingerprint density at radius 1 is 1.14 bits per heavy atom. The van der Waals surface area contributed by atoms with E-state index in [4.69, 9.17) is 4.74 Å². The molecule has 2 rings (SSSR count). The molecule has 0 aliphatic carbocycles. The van der Waals surface area contributed by atoms with Gasteiger partial charge in [0.15, 0.2) is 0 Å². The van der Waals surface area contributed by atoms with Gasteiger partial charge in [-0.05, 0) is 31.2 Å². The van der Waals surface area contributed by atoms with Crippen molar-refractivity contribution >= 4 is 11.9 Å². The molecule has 0 saturated carbocycles. The lowest BCUT2D eigenvalue weighted by atomic mass is 10.2. The fourth-order valence-corrected chi connectivity index (χ4v) is 1.61. The molecule has 0 spiro atoms. The fourth-order valence-electron chi connectivity index (χ4n) is 1.61. The highest BCUT2D eigenvalue weighted by atomic mass is 16.5. The summed E-state index contributed by atoms with van der Waals surface area (Å²) in [5.41, 5.74) is 0.839. The molecule has 6 heteroatoms. The Morgan fingerprint density at radius 3 is 2.33 bits per heavy atom. The number of aromatic nitrogens is 2. The number of hydrogen-bond acceptors (Lipinski definition) is 5. The lowest BCUT2D eigenvalue weighted by Gasteiger charge is -2.14. The summed E-state index contributed by atoms with van der Waals surface area (Å²) in [5, 5.41) is 2.73. The van der Waals surface area contributed by atoms with Crippen molar-refractivity contribution in [3.8, 4) is 0 Å². The zero-order valence-electron chi connectivity index (χ0n) is 11.5. The van der Waals surface area contributed by atoms with Crippen LogP contribution < -0.4 is 5.32 Å². The van der Waals surface area contributed by atoms with Crippen LogP contribution in [-0.4, -0.2) is 34.5 Å². The molecule has 108 valence electrons. The molecule has 6 nitrogen and oxygen atoms in total. The predicted octanol–water partition coefficient (Wildman–Crippen LogP) is 1.45. The average molecular weight is 285 g/mol. The van der Waals surface area contributed by atoms with Crippen LogP contribution in [0.3, 0.4) is 0 Å². The number of ether oxygens (including phenoxy) is 1. The van der Waals surface area contributed by atoms with Crippen molar-refractivity contribution in [1.29, 1.82) is 0 Å². The van der Waals surface area contributed by atoms with Crippen molar-refractivity contribution in [2.24, 2.45) is 0 Å².